The molecule has 2 heterocycles. The van der Waals surface area contributed by atoms with Gasteiger partial charge in [-0.25, -0.2) is 0 Å². The molecule has 2 saturated heterocycles. The summed E-state index contributed by atoms with van der Waals surface area (Å²) < 4.78 is 0. The first-order valence-electron chi connectivity index (χ1n) is 10.6. The van der Waals surface area contributed by atoms with Crippen LogP contribution >= 0.6 is 0 Å². The minimum absolute atomic E-state index is 0.724. The Kier molecular flexibility index (Phi) is 4.73. The van der Waals surface area contributed by atoms with Crippen LogP contribution in [0.1, 0.15) is 47.0 Å². The second-order valence-electron chi connectivity index (χ2n) is 10.2. The summed E-state index contributed by atoms with van der Waals surface area (Å²) in [6.07, 6.45) is 4.46. The molecule has 0 amide bonds. The zero-order chi connectivity index (χ0) is 16.9. The van der Waals surface area contributed by atoms with Crippen molar-refractivity contribution >= 4 is 0 Å². The molecule has 2 aliphatic heterocycles. The molecule has 3 nitrogen and oxygen atoms in total. The minimum atomic E-state index is 0.724. The topological polar surface area (TPSA) is 9.72 Å². The molecule has 2 saturated carbocycles. The molecule has 0 radical (unpaired) electrons. The van der Waals surface area contributed by atoms with Gasteiger partial charge in [0.2, 0.25) is 0 Å². The number of piperazine rings is 1. The van der Waals surface area contributed by atoms with E-state index in [2.05, 4.69) is 42.4 Å². The molecule has 0 aromatic rings. The molecule has 24 heavy (non-hydrogen) atoms. The molecule has 0 aromatic carbocycles. The molecule has 4 fully saturated rings. The van der Waals surface area contributed by atoms with E-state index < -0.39 is 0 Å². The molecular weight excluding hydrogens is 294 g/mol. The quantitative estimate of drug-likeness (QED) is 0.709. The fourth-order valence-electron chi connectivity index (χ4n) is 5.84. The van der Waals surface area contributed by atoms with Gasteiger partial charge in [0, 0.05) is 58.4 Å². The lowest BCUT2D eigenvalue weighted by atomic mass is 9.93. The average molecular weight is 334 g/mol. The SMILES string of the molecule is CC(C)CC1(CN2CC3C(CN4CCN(C(C)C)CC4)C3C2)CC1. The standard InChI is InChI=1S/C21H39N3/c1-16(2)11-21(5-6-21)15-23-13-19-18(20(19)14-23)12-22-7-9-24(10-8-22)17(3)4/h16-20H,5-15H2,1-4H3. The van der Waals surface area contributed by atoms with Gasteiger partial charge in [-0.05, 0) is 62.2 Å². The lowest BCUT2D eigenvalue weighted by Gasteiger charge is -2.37. The van der Waals surface area contributed by atoms with E-state index in [1.165, 1.54) is 71.6 Å². The van der Waals surface area contributed by atoms with Crippen LogP contribution in [0.5, 0.6) is 0 Å². The zero-order valence-electron chi connectivity index (χ0n) is 16.5. The predicted molar refractivity (Wildman–Crippen MR) is 101 cm³/mol. The summed E-state index contributed by atoms with van der Waals surface area (Å²) in [7, 11) is 0. The smallest absolute Gasteiger partial charge is 0.0113 e. The molecule has 0 aromatic heterocycles. The van der Waals surface area contributed by atoms with Crippen LogP contribution in [-0.4, -0.2) is 73.1 Å². The third-order valence-corrected chi connectivity index (χ3v) is 7.41. The van der Waals surface area contributed by atoms with E-state index in [0.717, 1.165) is 35.1 Å². The monoisotopic (exact) mass is 333 g/mol. The van der Waals surface area contributed by atoms with Crippen LogP contribution in [0.3, 0.4) is 0 Å². The Bertz CT molecular complexity index is 422. The summed E-state index contributed by atoms with van der Waals surface area (Å²) in [6, 6.07) is 0.724. The fourth-order valence-corrected chi connectivity index (χ4v) is 5.84. The van der Waals surface area contributed by atoms with Gasteiger partial charge in [0.1, 0.15) is 0 Å². The molecule has 2 atom stereocenters. The molecule has 4 rings (SSSR count). The fraction of sp³-hybridized carbons (Fsp3) is 1.00. The summed E-state index contributed by atoms with van der Waals surface area (Å²) in [5.41, 5.74) is 0.730. The molecule has 4 aliphatic rings. The van der Waals surface area contributed by atoms with Gasteiger partial charge in [-0.1, -0.05) is 13.8 Å². The third-order valence-electron chi connectivity index (χ3n) is 7.41. The number of piperidine rings is 1. The lowest BCUT2D eigenvalue weighted by Crippen LogP contribution is -2.49. The van der Waals surface area contributed by atoms with Gasteiger partial charge in [0.25, 0.3) is 0 Å². The lowest BCUT2D eigenvalue weighted by molar-refractivity contribution is 0.0995. The highest BCUT2D eigenvalue weighted by molar-refractivity contribution is 5.08. The Hall–Kier alpha value is -0.120. The number of fused-ring (bicyclic) bond motifs is 1. The number of hydrogen-bond acceptors (Lipinski definition) is 3. The van der Waals surface area contributed by atoms with E-state index in [9.17, 15) is 0 Å². The summed E-state index contributed by atoms with van der Waals surface area (Å²) in [5.74, 6) is 4.00. The third kappa shape index (κ3) is 3.68. The maximum atomic E-state index is 2.83. The Balaban J connectivity index is 1.17. The van der Waals surface area contributed by atoms with Crippen molar-refractivity contribution in [3.63, 3.8) is 0 Å². The van der Waals surface area contributed by atoms with Crippen molar-refractivity contribution in [2.45, 2.75) is 53.0 Å². The van der Waals surface area contributed by atoms with Gasteiger partial charge in [-0.2, -0.15) is 0 Å². The number of hydrogen-bond donors (Lipinski definition) is 0. The average Bonchev–Trinajstić information content (AvgIpc) is 3.35. The summed E-state index contributed by atoms with van der Waals surface area (Å²) >= 11 is 0. The van der Waals surface area contributed by atoms with Gasteiger partial charge in [0.15, 0.2) is 0 Å². The largest absolute Gasteiger partial charge is 0.302 e. The van der Waals surface area contributed by atoms with Gasteiger partial charge >= 0.3 is 0 Å². The van der Waals surface area contributed by atoms with Crippen molar-refractivity contribution in [2.24, 2.45) is 29.1 Å². The molecule has 0 N–H and O–H groups in total. The first-order valence-corrected chi connectivity index (χ1v) is 10.6. The molecule has 138 valence electrons. The maximum absolute atomic E-state index is 2.83. The second-order valence-corrected chi connectivity index (χ2v) is 10.2. The van der Waals surface area contributed by atoms with Crippen molar-refractivity contribution in [2.75, 3.05) is 52.4 Å². The predicted octanol–water partition coefficient (Wildman–Crippen LogP) is 3.02. The summed E-state index contributed by atoms with van der Waals surface area (Å²) in [6.45, 7) is 20.3. The van der Waals surface area contributed by atoms with E-state index in [0.29, 0.717) is 0 Å². The normalized spacial score (nSPS) is 36.5. The van der Waals surface area contributed by atoms with Crippen LogP contribution in [0.4, 0.5) is 0 Å². The van der Waals surface area contributed by atoms with Crippen molar-refractivity contribution < 1.29 is 0 Å². The molecule has 0 bridgehead atoms. The van der Waals surface area contributed by atoms with Gasteiger partial charge in [0.05, 0.1) is 0 Å². The van der Waals surface area contributed by atoms with Crippen molar-refractivity contribution in [3.05, 3.63) is 0 Å². The number of likely N-dealkylation sites (tertiary alicyclic amines) is 1. The molecular formula is C21H39N3. The molecule has 2 unspecified atom stereocenters. The Morgan fingerprint density at radius 1 is 0.875 bits per heavy atom. The Morgan fingerprint density at radius 3 is 2.00 bits per heavy atom. The van der Waals surface area contributed by atoms with Crippen LogP contribution in [0.15, 0.2) is 0 Å². The number of nitrogens with zero attached hydrogens (tertiary/aromatic N) is 3. The van der Waals surface area contributed by atoms with Crippen molar-refractivity contribution in [1.29, 1.82) is 0 Å². The van der Waals surface area contributed by atoms with Crippen LogP contribution in [0.2, 0.25) is 0 Å². The van der Waals surface area contributed by atoms with Gasteiger partial charge in [-0.3, -0.25) is 4.90 Å². The Morgan fingerprint density at radius 2 is 1.50 bits per heavy atom. The van der Waals surface area contributed by atoms with Crippen LogP contribution < -0.4 is 0 Å². The van der Waals surface area contributed by atoms with E-state index in [1.807, 2.05) is 0 Å². The van der Waals surface area contributed by atoms with E-state index in [4.69, 9.17) is 0 Å². The van der Waals surface area contributed by atoms with Crippen LogP contribution in [-0.2, 0) is 0 Å². The van der Waals surface area contributed by atoms with Crippen molar-refractivity contribution in [1.82, 2.24) is 14.7 Å². The summed E-state index contributed by atoms with van der Waals surface area (Å²) in [4.78, 5) is 8.22. The van der Waals surface area contributed by atoms with E-state index in [-0.39, 0.29) is 0 Å². The highest BCUT2D eigenvalue weighted by atomic mass is 15.3. The maximum Gasteiger partial charge on any atom is 0.0113 e. The van der Waals surface area contributed by atoms with Crippen LogP contribution in [0, 0.1) is 29.1 Å². The summed E-state index contributed by atoms with van der Waals surface area (Å²) in [5, 5.41) is 0. The Labute approximate surface area is 149 Å². The first kappa shape index (κ1) is 17.3. The van der Waals surface area contributed by atoms with Gasteiger partial charge in [-0.15, -0.1) is 0 Å². The second kappa shape index (κ2) is 6.55. The molecule has 2 aliphatic carbocycles. The van der Waals surface area contributed by atoms with Crippen molar-refractivity contribution in [3.8, 4) is 0 Å². The van der Waals surface area contributed by atoms with Crippen LogP contribution in [0.25, 0.3) is 0 Å². The minimum Gasteiger partial charge on any atom is -0.302 e. The first-order chi connectivity index (χ1) is 11.5. The highest BCUT2D eigenvalue weighted by Gasteiger charge is 2.57. The molecule has 0 spiro atoms. The van der Waals surface area contributed by atoms with Gasteiger partial charge < -0.3 is 9.80 Å². The zero-order valence-corrected chi connectivity index (χ0v) is 16.5. The van der Waals surface area contributed by atoms with E-state index in [1.54, 1.807) is 0 Å². The van der Waals surface area contributed by atoms with E-state index >= 15 is 0 Å². The number of rotatable bonds is 7. The highest BCUT2D eigenvalue weighted by Crippen LogP contribution is 2.56. The molecule has 3 heteroatoms.